The number of rotatable bonds is 16. The predicted octanol–water partition coefficient (Wildman–Crippen LogP) is 5.20. The highest BCUT2D eigenvalue weighted by molar-refractivity contribution is 7.91. The molecular formula is C35H42Cl2N6O6S. The first-order chi connectivity index (χ1) is 23.9. The van der Waals surface area contributed by atoms with Crippen molar-refractivity contribution >= 4 is 55.8 Å². The average Bonchev–Trinajstić information content (AvgIpc) is 3.77. The van der Waals surface area contributed by atoms with Crippen LogP contribution in [0.3, 0.4) is 0 Å². The van der Waals surface area contributed by atoms with Crippen LogP contribution >= 0.6 is 23.2 Å². The first-order valence-corrected chi connectivity index (χ1v) is 18.9. The number of aromatic nitrogens is 3. The maximum absolute atomic E-state index is 13.8. The van der Waals surface area contributed by atoms with Gasteiger partial charge in [0.1, 0.15) is 23.7 Å². The number of benzene rings is 2. The summed E-state index contributed by atoms with van der Waals surface area (Å²) >= 11 is 13.3. The molecule has 0 spiro atoms. The Hall–Kier alpha value is -3.75. The Balaban J connectivity index is 1.22. The first kappa shape index (κ1) is 37.5. The minimum Gasteiger partial charge on any atom is -0.487 e. The summed E-state index contributed by atoms with van der Waals surface area (Å²) in [4.78, 5) is 36.6. The van der Waals surface area contributed by atoms with Gasteiger partial charge in [0.15, 0.2) is 9.84 Å². The molecule has 1 N–H and O–H groups in total. The van der Waals surface area contributed by atoms with Crippen LogP contribution in [0.15, 0.2) is 60.0 Å². The van der Waals surface area contributed by atoms with E-state index in [4.69, 9.17) is 37.7 Å². The Morgan fingerprint density at radius 2 is 1.94 bits per heavy atom. The molecule has 1 unspecified atom stereocenters. The van der Waals surface area contributed by atoms with E-state index in [2.05, 4.69) is 15.2 Å². The van der Waals surface area contributed by atoms with E-state index in [1.54, 1.807) is 23.5 Å². The number of amides is 1. The lowest BCUT2D eigenvalue weighted by Gasteiger charge is -2.24. The van der Waals surface area contributed by atoms with Crippen LogP contribution in [0.2, 0.25) is 10.0 Å². The van der Waals surface area contributed by atoms with E-state index in [1.807, 2.05) is 42.9 Å². The van der Waals surface area contributed by atoms with Crippen LogP contribution in [0.1, 0.15) is 43.9 Å². The minimum absolute atomic E-state index is 0.0156. The van der Waals surface area contributed by atoms with Gasteiger partial charge in [0.05, 0.1) is 34.6 Å². The van der Waals surface area contributed by atoms with Crippen molar-refractivity contribution in [1.29, 1.82) is 0 Å². The van der Waals surface area contributed by atoms with Crippen molar-refractivity contribution in [1.82, 2.24) is 29.7 Å². The zero-order valence-electron chi connectivity index (χ0n) is 28.4. The van der Waals surface area contributed by atoms with Gasteiger partial charge in [0.2, 0.25) is 5.91 Å². The standard InChI is InChI=1S/C35H42Cl2N6O6S/c1-24-20-30(42-18-14-38-22-42)26-8-4-10-31(34(26)40-24)49-21-27-28(36)11-12-32(33(27)37)50(46,47)23-43-17-5-9-29(43)35(45)39-13-6-15-41(3)16-7-19-48-25(2)44/h4,8,10-12,14,18,20,22,29H,5-7,9,13,15-17,19,21,23H2,1-3H3,(H,39,45). The normalized spacial score (nSPS) is 15.1. The molecule has 1 fully saturated rings. The summed E-state index contributed by atoms with van der Waals surface area (Å²) < 4.78 is 40.6. The highest BCUT2D eigenvalue weighted by atomic mass is 35.5. The van der Waals surface area contributed by atoms with Crippen LogP contribution in [0.5, 0.6) is 5.75 Å². The van der Waals surface area contributed by atoms with Crippen LogP contribution in [-0.4, -0.2) is 96.4 Å². The van der Waals surface area contributed by atoms with Gasteiger partial charge in [-0.05, 0) is 70.5 Å². The number of hydrogen-bond donors (Lipinski definition) is 1. The fraction of sp³-hybridized carbons (Fsp3) is 0.429. The number of carbonyl (C=O) groups excluding carboxylic acids is 2. The zero-order chi connectivity index (χ0) is 35.8. The fourth-order valence-corrected chi connectivity index (χ4v) is 8.45. The molecule has 0 radical (unpaired) electrons. The molecule has 0 bridgehead atoms. The molecule has 4 aromatic rings. The molecular weight excluding hydrogens is 703 g/mol. The van der Waals surface area contributed by atoms with Gasteiger partial charge < -0.3 is 24.3 Å². The number of halogens is 2. The SMILES string of the molecule is CC(=O)OCCCN(C)CCCNC(=O)C1CCCN1CS(=O)(=O)c1ccc(Cl)c(COc2cccc3c(-n4ccnc4)cc(C)nc23)c1Cl. The second-order valence-electron chi connectivity index (χ2n) is 12.4. The Morgan fingerprint density at radius 1 is 1.14 bits per heavy atom. The van der Waals surface area contributed by atoms with Gasteiger partial charge in [-0.1, -0.05) is 35.3 Å². The van der Waals surface area contributed by atoms with E-state index < -0.39 is 15.9 Å². The van der Waals surface area contributed by atoms with E-state index in [9.17, 15) is 18.0 Å². The van der Waals surface area contributed by atoms with Crippen molar-refractivity contribution in [2.45, 2.75) is 57.1 Å². The van der Waals surface area contributed by atoms with Crippen molar-refractivity contribution in [3.8, 4) is 11.4 Å². The van der Waals surface area contributed by atoms with E-state index in [1.165, 1.54) is 19.1 Å². The molecule has 1 atom stereocenters. The number of nitrogens with zero attached hydrogens (tertiary/aromatic N) is 5. The number of fused-ring (bicyclic) bond motifs is 1. The zero-order valence-corrected chi connectivity index (χ0v) is 30.7. The summed E-state index contributed by atoms with van der Waals surface area (Å²) in [7, 11) is -1.97. The fourth-order valence-electron chi connectivity index (χ4n) is 6.06. The lowest BCUT2D eigenvalue weighted by molar-refractivity contribution is -0.141. The molecule has 0 saturated carbocycles. The summed E-state index contributed by atoms with van der Waals surface area (Å²) in [6.45, 7) is 6.03. The van der Waals surface area contributed by atoms with Gasteiger partial charge in [-0.3, -0.25) is 14.5 Å². The molecule has 2 aromatic carbocycles. The number of ether oxygens (including phenoxy) is 2. The number of esters is 1. The van der Waals surface area contributed by atoms with Gasteiger partial charge in [0, 0.05) is 60.6 Å². The van der Waals surface area contributed by atoms with E-state index in [-0.39, 0.29) is 39.3 Å². The molecule has 50 heavy (non-hydrogen) atoms. The molecule has 12 nitrogen and oxygen atoms in total. The van der Waals surface area contributed by atoms with E-state index in [0.29, 0.717) is 49.4 Å². The average molecular weight is 746 g/mol. The molecule has 1 saturated heterocycles. The van der Waals surface area contributed by atoms with Crippen LogP contribution in [0.4, 0.5) is 0 Å². The number of nitrogens with one attached hydrogen (secondary N) is 1. The summed E-state index contributed by atoms with van der Waals surface area (Å²) in [6, 6.07) is 9.90. The first-order valence-electron chi connectivity index (χ1n) is 16.5. The Bertz CT molecular complexity index is 1920. The molecule has 1 aliphatic rings. The smallest absolute Gasteiger partial charge is 0.302 e. The highest BCUT2D eigenvalue weighted by Crippen LogP contribution is 2.35. The third kappa shape index (κ3) is 9.32. The van der Waals surface area contributed by atoms with Crippen LogP contribution in [-0.2, 0) is 30.8 Å². The quantitative estimate of drug-likeness (QED) is 0.120. The van der Waals surface area contributed by atoms with Gasteiger partial charge in [-0.2, -0.15) is 0 Å². The third-order valence-corrected chi connectivity index (χ3v) is 11.1. The van der Waals surface area contributed by atoms with Crippen molar-refractivity contribution in [2.24, 2.45) is 0 Å². The van der Waals surface area contributed by atoms with Crippen LogP contribution in [0.25, 0.3) is 16.6 Å². The predicted molar refractivity (Wildman–Crippen MR) is 193 cm³/mol. The van der Waals surface area contributed by atoms with Crippen molar-refractivity contribution in [3.05, 3.63) is 76.4 Å². The maximum Gasteiger partial charge on any atom is 0.302 e. The molecule has 5 rings (SSSR count). The number of imidazole rings is 1. The lowest BCUT2D eigenvalue weighted by Crippen LogP contribution is -2.45. The minimum atomic E-state index is -3.95. The summed E-state index contributed by atoms with van der Waals surface area (Å²) in [5, 5.41) is 4.07. The van der Waals surface area contributed by atoms with Gasteiger partial charge in [0.25, 0.3) is 0 Å². The van der Waals surface area contributed by atoms with Gasteiger partial charge in [-0.15, -0.1) is 0 Å². The van der Waals surface area contributed by atoms with Crippen molar-refractivity contribution in [2.75, 3.05) is 45.7 Å². The van der Waals surface area contributed by atoms with Gasteiger partial charge in [-0.25, -0.2) is 18.4 Å². The Morgan fingerprint density at radius 3 is 2.70 bits per heavy atom. The van der Waals surface area contributed by atoms with Crippen LogP contribution in [0, 0.1) is 6.92 Å². The molecule has 1 aliphatic heterocycles. The van der Waals surface area contributed by atoms with Crippen LogP contribution < -0.4 is 10.1 Å². The molecule has 1 amide bonds. The number of likely N-dealkylation sites (tertiary alicyclic amines) is 1. The summed E-state index contributed by atoms with van der Waals surface area (Å²) in [6.07, 6.45) is 7.99. The van der Waals surface area contributed by atoms with Crippen molar-refractivity contribution in [3.63, 3.8) is 0 Å². The second-order valence-corrected chi connectivity index (χ2v) is 15.1. The second kappa shape index (κ2) is 17.0. The Kier molecular flexibility index (Phi) is 12.7. The summed E-state index contributed by atoms with van der Waals surface area (Å²) in [5.41, 5.74) is 2.65. The number of aryl methyl sites for hydroxylation is 1. The third-order valence-electron chi connectivity index (χ3n) is 8.56. The number of sulfone groups is 1. The van der Waals surface area contributed by atoms with E-state index >= 15 is 0 Å². The maximum atomic E-state index is 13.8. The number of carbonyl (C=O) groups is 2. The summed E-state index contributed by atoms with van der Waals surface area (Å²) in [5.74, 6) is -0.352. The number of para-hydroxylation sites is 1. The monoisotopic (exact) mass is 744 g/mol. The molecule has 15 heteroatoms. The number of pyridine rings is 1. The molecule has 0 aliphatic carbocycles. The largest absolute Gasteiger partial charge is 0.487 e. The van der Waals surface area contributed by atoms with E-state index in [0.717, 1.165) is 42.7 Å². The molecule has 268 valence electrons. The lowest BCUT2D eigenvalue weighted by atomic mass is 10.1. The highest BCUT2D eigenvalue weighted by Gasteiger charge is 2.35. The van der Waals surface area contributed by atoms with Crippen molar-refractivity contribution < 1.29 is 27.5 Å². The topological polar surface area (TPSA) is 136 Å². The molecule has 2 aromatic heterocycles. The Labute approximate surface area is 302 Å². The van der Waals surface area contributed by atoms with Gasteiger partial charge >= 0.3 is 5.97 Å². The number of hydrogen-bond acceptors (Lipinski definition) is 10. The molecule has 3 heterocycles.